The molecule has 0 aliphatic heterocycles. The first kappa shape index (κ1) is 20.7. The minimum Gasteiger partial charge on any atom is -0.481 e. The van der Waals surface area contributed by atoms with Crippen molar-refractivity contribution in [2.45, 2.75) is 46.5 Å². The van der Waals surface area contributed by atoms with Gasteiger partial charge in [0.05, 0.1) is 26.4 Å². The molecule has 0 aliphatic rings. The molecule has 0 heterocycles. The second-order valence-corrected chi connectivity index (χ2v) is 4.06. The number of unbranched alkanes of at least 4 members (excludes halogenated alkanes) is 2. The first-order valence-electron chi connectivity index (χ1n) is 7.07. The zero-order valence-corrected chi connectivity index (χ0v) is 12.7. The lowest BCUT2D eigenvalue weighted by Crippen LogP contribution is -2.10. The molecular formula is C14H30O5. The molecule has 5 heteroatoms. The van der Waals surface area contributed by atoms with Gasteiger partial charge in [-0.15, -0.1) is 0 Å². The van der Waals surface area contributed by atoms with E-state index in [1.165, 1.54) is 12.8 Å². The molecule has 0 rings (SSSR count). The summed E-state index contributed by atoms with van der Waals surface area (Å²) in [5, 5.41) is 7.42. The van der Waals surface area contributed by atoms with Crippen LogP contribution in [-0.4, -0.2) is 50.7 Å². The van der Waals surface area contributed by atoms with Gasteiger partial charge in [0.15, 0.2) is 0 Å². The fourth-order valence-corrected chi connectivity index (χ4v) is 1.03. The van der Waals surface area contributed by atoms with Gasteiger partial charge in [-0.05, 0) is 12.8 Å². The molecule has 0 saturated carbocycles. The van der Waals surface area contributed by atoms with Crippen molar-refractivity contribution in [1.29, 1.82) is 0 Å². The Morgan fingerprint density at radius 3 is 1.32 bits per heavy atom. The van der Waals surface area contributed by atoms with Crippen LogP contribution >= 0.6 is 0 Å². The summed E-state index contributed by atoms with van der Waals surface area (Å²) in [4.78, 5) is 9.00. The summed E-state index contributed by atoms with van der Waals surface area (Å²) in [5.41, 5.74) is 0. The van der Waals surface area contributed by atoms with E-state index >= 15 is 0 Å². The van der Waals surface area contributed by atoms with Crippen LogP contribution in [0.15, 0.2) is 0 Å². The van der Waals surface area contributed by atoms with E-state index in [-0.39, 0.29) is 0 Å². The summed E-state index contributed by atoms with van der Waals surface area (Å²) >= 11 is 0. The molecule has 0 aliphatic carbocycles. The van der Waals surface area contributed by atoms with Crippen LogP contribution < -0.4 is 0 Å². The van der Waals surface area contributed by atoms with Crippen LogP contribution in [0.5, 0.6) is 0 Å². The van der Waals surface area contributed by atoms with Crippen LogP contribution in [-0.2, 0) is 19.0 Å². The van der Waals surface area contributed by atoms with Crippen LogP contribution in [0.2, 0.25) is 0 Å². The summed E-state index contributed by atoms with van der Waals surface area (Å²) in [6.45, 7) is 9.88. The Labute approximate surface area is 117 Å². The number of hydrogen-bond acceptors (Lipinski definition) is 4. The Kier molecular flexibility index (Phi) is 21.4. The number of carboxylic acids is 1. The molecule has 0 aromatic heterocycles. The van der Waals surface area contributed by atoms with E-state index in [4.69, 9.17) is 24.1 Å². The molecule has 0 aromatic carbocycles. The highest BCUT2D eigenvalue weighted by atomic mass is 16.5. The molecule has 0 atom stereocenters. The van der Waals surface area contributed by atoms with Gasteiger partial charge in [-0.1, -0.05) is 26.7 Å². The average Bonchev–Trinajstić information content (AvgIpc) is 2.35. The normalized spacial score (nSPS) is 9.84. The minimum absolute atomic E-state index is 0.681. The highest BCUT2D eigenvalue weighted by molar-refractivity contribution is 5.62. The first-order valence-corrected chi connectivity index (χ1v) is 7.07. The van der Waals surface area contributed by atoms with E-state index in [9.17, 15) is 0 Å². The fraction of sp³-hybridized carbons (Fsp3) is 0.929. The van der Waals surface area contributed by atoms with Crippen molar-refractivity contribution in [1.82, 2.24) is 0 Å². The molecule has 0 radical (unpaired) electrons. The molecule has 1 N–H and O–H groups in total. The number of hydrogen-bond donors (Lipinski definition) is 1. The van der Waals surface area contributed by atoms with Crippen LogP contribution in [0, 0.1) is 0 Å². The number of carboxylic acid groups (broad SMARTS) is 1. The molecule has 0 spiro atoms. The van der Waals surface area contributed by atoms with Crippen molar-refractivity contribution < 1.29 is 24.1 Å². The van der Waals surface area contributed by atoms with Crippen LogP contribution in [0.3, 0.4) is 0 Å². The van der Waals surface area contributed by atoms with E-state index < -0.39 is 5.97 Å². The molecule has 0 amide bonds. The molecule has 0 saturated heterocycles. The van der Waals surface area contributed by atoms with Gasteiger partial charge < -0.3 is 19.3 Å². The molecule has 0 fully saturated rings. The largest absolute Gasteiger partial charge is 0.481 e. The molecule has 19 heavy (non-hydrogen) atoms. The fourth-order valence-electron chi connectivity index (χ4n) is 1.03. The van der Waals surface area contributed by atoms with Crippen molar-refractivity contribution >= 4 is 5.97 Å². The molecule has 0 aromatic rings. The third-order valence-corrected chi connectivity index (χ3v) is 2.03. The van der Waals surface area contributed by atoms with Gasteiger partial charge in [0.1, 0.15) is 0 Å². The Hall–Kier alpha value is -0.650. The monoisotopic (exact) mass is 278 g/mol. The topological polar surface area (TPSA) is 65.0 Å². The lowest BCUT2D eigenvalue weighted by Gasteiger charge is -2.06. The van der Waals surface area contributed by atoms with Gasteiger partial charge in [0, 0.05) is 20.1 Å². The Bertz CT molecular complexity index is 157. The van der Waals surface area contributed by atoms with E-state index in [0.717, 1.165) is 33.0 Å². The van der Waals surface area contributed by atoms with E-state index in [2.05, 4.69) is 13.8 Å². The molecule has 0 bridgehead atoms. The SMILES string of the molecule is CC(=O)O.CCCCOCCOCCOCCCC. The summed E-state index contributed by atoms with van der Waals surface area (Å²) in [7, 11) is 0. The number of aliphatic carboxylic acids is 1. The number of ether oxygens (including phenoxy) is 3. The lowest BCUT2D eigenvalue weighted by molar-refractivity contribution is -0.134. The maximum atomic E-state index is 9.00. The molecule has 0 unspecified atom stereocenters. The maximum absolute atomic E-state index is 9.00. The van der Waals surface area contributed by atoms with Crippen molar-refractivity contribution in [3.05, 3.63) is 0 Å². The third kappa shape index (κ3) is 31.7. The highest BCUT2D eigenvalue weighted by Gasteiger charge is 1.90. The average molecular weight is 278 g/mol. The quantitative estimate of drug-likeness (QED) is 0.556. The second kappa shape index (κ2) is 19.7. The van der Waals surface area contributed by atoms with Crippen LogP contribution in [0.1, 0.15) is 46.5 Å². The van der Waals surface area contributed by atoms with E-state index in [0.29, 0.717) is 26.4 Å². The molecular weight excluding hydrogens is 248 g/mol. The van der Waals surface area contributed by atoms with Gasteiger partial charge in [-0.3, -0.25) is 4.79 Å². The highest BCUT2D eigenvalue weighted by Crippen LogP contribution is 1.89. The standard InChI is InChI=1S/C12H26O3.C2H4O2/c1-3-5-7-13-9-11-15-12-10-14-8-6-4-2;1-2(3)4/h3-12H2,1-2H3;1H3,(H,3,4). The molecule has 5 nitrogen and oxygen atoms in total. The zero-order valence-electron chi connectivity index (χ0n) is 12.7. The minimum atomic E-state index is -0.833. The summed E-state index contributed by atoms with van der Waals surface area (Å²) in [6, 6.07) is 0. The van der Waals surface area contributed by atoms with Gasteiger partial charge in [0.2, 0.25) is 0 Å². The van der Waals surface area contributed by atoms with Gasteiger partial charge in [-0.25, -0.2) is 0 Å². The number of carbonyl (C=O) groups is 1. The van der Waals surface area contributed by atoms with Crippen molar-refractivity contribution in [2.24, 2.45) is 0 Å². The van der Waals surface area contributed by atoms with Gasteiger partial charge >= 0.3 is 0 Å². The second-order valence-electron chi connectivity index (χ2n) is 4.06. The van der Waals surface area contributed by atoms with Crippen molar-refractivity contribution in [2.75, 3.05) is 39.6 Å². The Balaban J connectivity index is 0. The predicted octanol–water partition coefficient (Wildman–Crippen LogP) is 2.73. The third-order valence-electron chi connectivity index (χ3n) is 2.03. The molecule has 116 valence electrons. The lowest BCUT2D eigenvalue weighted by atomic mass is 10.4. The van der Waals surface area contributed by atoms with Crippen molar-refractivity contribution in [3.8, 4) is 0 Å². The summed E-state index contributed by atoms with van der Waals surface area (Å²) < 4.78 is 16.1. The number of rotatable bonds is 12. The van der Waals surface area contributed by atoms with Crippen molar-refractivity contribution in [3.63, 3.8) is 0 Å². The summed E-state index contributed by atoms with van der Waals surface area (Å²) in [6.07, 6.45) is 4.65. The smallest absolute Gasteiger partial charge is 0.300 e. The van der Waals surface area contributed by atoms with Gasteiger partial charge in [0.25, 0.3) is 5.97 Å². The first-order chi connectivity index (χ1) is 9.15. The summed E-state index contributed by atoms with van der Waals surface area (Å²) in [5.74, 6) is -0.833. The zero-order chi connectivity index (χ0) is 14.8. The van der Waals surface area contributed by atoms with Gasteiger partial charge in [-0.2, -0.15) is 0 Å². The van der Waals surface area contributed by atoms with Crippen LogP contribution in [0.4, 0.5) is 0 Å². The Morgan fingerprint density at radius 2 is 1.05 bits per heavy atom. The van der Waals surface area contributed by atoms with Crippen LogP contribution in [0.25, 0.3) is 0 Å². The van der Waals surface area contributed by atoms with E-state index in [1.807, 2.05) is 0 Å². The Morgan fingerprint density at radius 1 is 0.789 bits per heavy atom. The maximum Gasteiger partial charge on any atom is 0.300 e. The van der Waals surface area contributed by atoms with E-state index in [1.54, 1.807) is 0 Å². The predicted molar refractivity (Wildman–Crippen MR) is 75.6 cm³/mol.